The number of ketones is 1. The first-order chi connectivity index (χ1) is 18.9. The van der Waals surface area contributed by atoms with Crippen molar-refractivity contribution in [2.45, 2.75) is 42.9 Å². The molecule has 2 aromatic rings. The summed E-state index contributed by atoms with van der Waals surface area (Å²) in [7, 11) is 3.59. The lowest BCUT2D eigenvalue weighted by molar-refractivity contribution is -0.140. The molecular weight excluding hydrogens is 632 g/mol. The van der Waals surface area contributed by atoms with Crippen molar-refractivity contribution in [2.24, 2.45) is 0 Å². The fraction of sp³-hybridized carbons (Fsp3) is 0.607. The van der Waals surface area contributed by atoms with Crippen LogP contribution in [0.25, 0.3) is 0 Å². The van der Waals surface area contributed by atoms with Gasteiger partial charge in [-0.2, -0.15) is 0 Å². The van der Waals surface area contributed by atoms with Crippen LogP contribution in [0.15, 0.2) is 45.9 Å². The first-order valence-electron chi connectivity index (χ1n) is 13.4. The number of carbonyl (C=O) groups excluding carboxylic acids is 1. The summed E-state index contributed by atoms with van der Waals surface area (Å²) < 4.78 is 23.1. The third kappa shape index (κ3) is 7.91. The molecule has 6 rings (SSSR count). The van der Waals surface area contributed by atoms with E-state index >= 15 is 0 Å². The van der Waals surface area contributed by atoms with Crippen LogP contribution < -0.4 is 5.32 Å². The molecule has 0 bridgehead atoms. The van der Waals surface area contributed by atoms with Gasteiger partial charge in [0.25, 0.3) is 0 Å². The Balaban J connectivity index is 0.000000157. The van der Waals surface area contributed by atoms with E-state index in [1.165, 1.54) is 11.1 Å². The van der Waals surface area contributed by atoms with Crippen molar-refractivity contribution < 1.29 is 23.7 Å². The van der Waals surface area contributed by atoms with Crippen molar-refractivity contribution in [3.8, 4) is 0 Å². The van der Waals surface area contributed by atoms with Crippen molar-refractivity contribution >= 4 is 37.6 Å². The van der Waals surface area contributed by atoms with E-state index in [9.17, 15) is 4.79 Å². The van der Waals surface area contributed by atoms with Gasteiger partial charge in [0.1, 0.15) is 22.4 Å². The molecule has 0 spiro atoms. The number of hydrogen-bond acceptors (Lipinski definition) is 9. The molecule has 11 heteroatoms. The molecule has 4 saturated heterocycles. The Bertz CT molecular complexity index is 1030. The fourth-order valence-electron chi connectivity index (χ4n) is 5.21. The van der Waals surface area contributed by atoms with Crippen LogP contribution in [0.3, 0.4) is 0 Å². The van der Waals surface area contributed by atoms with E-state index in [2.05, 4.69) is 68.9 Å². The second-order valence-electron chi connectivity index (χ2n) is 10.1. The number of pyridine rings is 2. The molecule has 0 saturated carbocycles. The Morgan fingerprint density at radius 2 is 1.33 bits per heavy atom. The number of methoxy groups -OCH3 is 2. The zero-order chi connectivity index (χ0) is 27.7. The molecule has 0 aromatic carbocycles. The number of carbonyl (C=O) groups is 1. The maximum absolute atomic E-state index is 9.77. The van der Waals surface area contributed by atoms with E-state index in [1.54, 1.807) is 7.11 Å². The summed E-state index contributed by atoms with van der Waals surface area (Å²) in [4.78, 5) is 20.9. The van der Waals surface area contributed by atoms with Gasteiger partial charge in [0.15, 0.2) is 5.78 Å². The van der Waals surface area contributed by atoms with Crippen LogP contribution >= 0.6 is 31.9 Å². The molecule has 4 aliphatic rings. The Morgan fingerprint density at radius 1 is 0.846 bits per heavy atom. The minimum Gasteiger partial charge on any atom is -0.378 e. The number of hydrogen-bond donors (Lipinski definition) is 1. The van der Waals surface area contributed by atoms with E-state index in [-0.39, 0.29) is 17.0 Å². The predicted molar refractivity (Wildman–Crippen MR) is 155 cm³/mol. The molecule has 2 aromatic heterocycles. The van der Waals surface area contributed by atoms with Crippen LogP contribution in [0.4, 0.5) is 0 Å². The minimum absolute atomic E-state index is 0.140. The maximum Gasteiger partial charge on any atom is 0.184 e. The molecule has 0 unspecified atom stereocenters. The summed E-state index contributed by atoms with van der Waals surface area (Å²) in [6.07, 6.45) is 7.88. The summed E-state index contributed by atoms with van der Waals surface area (Å²) in [6, 6.07) is 8.78. The zero-order valence-electron chi connectivity index (χ0n) is 22.7. The highest BCUT2D eigenvalue weighted by molar-refractivity contribution is 9.10. The van der Waals surface area contributed by atoms with Gasteiger partial charge in [-0.15, -0.1) is 0 Å². The van der Waals surface area contributed by atoms with Gasteiger partial charge < -0.3 is 24.3 Å². The van der Waals surface area contributed by atoms with Crippen LogP contribution in [0.2, 0.25) is 0 Å². The van der Waals surface area contributed by atoms with Crippen molar-refractivity contribution in [1.82, 2.24) is 20.2 Å². The van der Waals surface area contributed by atoms with E-state index < -0.39 is 0 Å². The van der Waals surface area contributed by atoms with Gasteiger partial charge >= 0.3 is 0 Å². The van der Waals surface area contributed by atoms with Crippen LogP contribution in [0, 0.1) is 0 Å². The van der Waals surface area contributed by atoms with E-state index in [1.807, 2.05) is 31.6 Å². The van der Waals surface area contributed by atoms with Crippen LogP contribution in [-0.4, -0.2) is 93.5 Å². The number of likely N-dealkylation sites (tertiary alicyclic amines) is 1. The first-order valence-corrected chi connectivity index (χ1v) is 14.9. The van der Waals surface area contributed by atoms with E-state index in [0.29, 0.717) is 19.3 Å². The standard InChI is InChI=1S/C14H19BrN2O2.C11H15BrN2O.C3H4O2/c1-18-14(11-2-3-13(15)16-8-11)4-6-17(7-5-14)12-9-19-10-12;1-15-11(4-6-13-7-5-11)9-2-3-10(12)14-8-9;4-3-1-5-2-3/h2-3,8,12H,4-7,9-10H2,1H3;2-3,8,13H,4-7H2,1H3;1-2H2. The second kappa shape index (κ2) is 14.5. The lowest BCUT2D eigenvalue weighted by Crippen LogP contribution is -2.54. The van der Waals surface area contributed by atoms with Crippen LogP contribution in [0.5, 0.6) is 0 Å². The molecule has 6 heterocycles. The molecule has 0 amide bonds. The normalized spacial score (nSPS) is 22.3. The SMILES string of the molecule is COC1(c2ccc(Br)nc2)CCN(C2COC2)CC1.COC1(c2ccc(Br)nc2)CCNCC1.O=C1COC1. The molecular formula is C28H38Br2N4O5. The molecule has 0 aliphatic carbocycles. The lowest BCUT2D eigenvalue weighted by Gasteiger charge is -2.45. The largest absolute Gasteiger partial charge is 0.378 e. The Kier molecular flexibility index (Phi) is 11.4. The van der Waals surface area contributed by atoms with Crippen molar-refractivity contribution in [1.29, 1.82) is 0 Å². The van der Waals surface area contributed by atoms with Gasteiger partial charge in [-0.1, -0.05) is 12.1 Å². The number of piperidine rings is 2. The molecule has 9 nitrogen and oxygen atoms in total. The fourth-order valence-corrected chi connectivity index (χ4v) is 5.68. The average Bonchev–Trinajstić information content (AvgIpc) is 2.93. The van der Waals surface area contributed by atoms with Crippen molar-refractivity contribution in [2.75, 3.05) is 66.8 Å². The first kappa shape index (κ1) is 30.6. The number of Topliss-reactive ketones (excluding diaryl/α,β-unsaturated/α-hetero) is 1. The zero-order valence-corrected chi connectivity index (χ0v) is 25.8. The molecule has 4 aliphatic heterocycles. The predicted octanol–water partition coefficient (Wildman–Crippen LogP) is 3.84. The van der Waals surface area contributed by atoms with Gasteiger partial charge in [-0.05, 0) is 82.8 Å². The Morgan fingerprint density at radius 3 is 1.67 bits per heavy atom. The third-order valence-electron chi connectivity index (χ3n) is 7.97. The summed E-state index contributed by atoms with van der Waals surface area (Å²) >= 11 is 6.73. The highest BCUT2D eigenvalue weighted by atomic mass is 79.9. The monoisotopic (exact) mass is 668 g/mol. The number of aromatic nitrogens is 2. The van der Waals surface area contributed by atoms with E-state index in [0.717, 1.165) is 74.3 Å². The molecule has 0 atom stereocenters. The van der Waals surface area contributed by atoms with Gasteiger partial charge in [0, 0.05) is 50.8 Å². The average molecular weight is 670 g/mol. The van der Waals surface area contributed by atoms with Crippen LogP contribution in [0.1, 0.15) is 36.8 Å². The van der Waals surface area contributed by atoms with Gasteiger partial charge in [0.05, 0.1) is 30.5 Å². The summed E-state index contributed by atoms with van der Waals surface area (Å²) in [5.41, 5.74) is 2.05. The number of rotatable bonds is 5. The Hall–Kier alpha value is -1.31. The molecule has 4 fully saturated rings. The van der Waals surface area contributed by atoms with Gasteiger partial charge in [-0.25, -0.2) is 9.97 Å². The molecule has 1 N–H and O–H groups in total. The van der Waals surface area contributed by atoms with Gasteiger partial charge in [-0.3, -0.25) is 9.69 Å². The lowest BCUT2D eigenvalue weighted by atomic mass is 9.84. The summed E-state index contributed by atoms with van der Waals surface area (Å²) in [5, 5.41) is 3.35. The smallest absolute Gasteiger partial charge is 0.184 e. The van der Waals surface area contributed by atoms with Crippen molar-refractivity contribution in [3.63, 3.8) is 0 Å². The summed E-state index contributed by atoms with van der Waals surface area (Å²) in [5.74, 6) is 0.213. The minimum atomic E-state index is -0.172. The summed E-state index contributed by atoms with van der Waals surface area (Å²) in [6.45, 7) is 6.61. The van der Waals surface area contributed by atoms with Crippen LogP contribution in [-0.2, 0) is 34.9 Å². The number of nitrogens with one attached hydrogen (secondary N) is 1. The highest BCUT2D eigenvalue weighted by Gasteiger charge is 2.39. The highest BCUT2D eigenvalue weighted by Crippen LogP contribution is 2.37. The second-order valence-corrected chi connectivity index (χ2v) is 11.8. The number of nitrogens with zero attached hydrogens (tertiary/aromatic N) is 3. The molecule has 39 heavy (non-hydrogen) atoms. The number of halogens is 2. The number of ether oxygens (including phenoxy) is 4. The molecule has 0 radical (unpaired) electrons. The van der Waals surface area contributed by atoms with Crippen molar-refractivity contribution in [3.05, 3.63) is 57.0 Å². The quantitative estimate of drug-likeness (QED) is 0.477. The Labute approximate surface area is 247 Å². The topological polar surface area (TPSA) is 95.0 Å². The van der Waals surface area contributed by atoms with E-state index in [4.69, 9.17) is 14.2 Å². The maximum atomic E-state index is 9.77. The van der Waals surface area contributed by atoms with Gasteiger partial charge in [0.2, 0.25) is 0 Å². The third-order valence-corrected chi connectivity index (χ3v) is 8.91. The molecule has 214 valence electrons.